The number of amides is 1. The Morgan fingerprint density at radius 1 is 0.972 bits per heavy atom. The maximum atomic E-state index is 13.5. The van der Waals surface area contributed by atoms with E-state index in [1.165, 1.54) is 35.0 Å². The average molecular weight is 486 g/mol. The second-order valence-corrected chi connectivity index (χ2v) is 8.18. The lowest BCUT2D eigenvalue weighted by Gasteiger charge is -2.17. The summed E-state index contributed by atoms with van der Waals surface area (Å²) in [6.07, 6.45) is 6.24. The molecule has 0 fully saturated rings. The number of aromatic nitrogens is 3. The van der Waals surface area contributed by atoms with E-state index < -0.39 is 17.4 Å². The van der Waals surface area contributed by atoms with Gasteiger partial charge in [0.15, 0.2) is 5.78 Å². The second kappa shape index (κ2) is 10.8. The Hall–Kier alpha value is -4.50. The van der Waals surface area contributed by atoms with Crippen LogP contribution in [-0.2, 0) is 11.3 Å². The maximum absolute atomic E-state index is 13.5. The number of ketones is 1. The van der Waals surface area contributed by atoms with Crippen molar-refractivity contribution in [3.63, 3.8) is 0 Å². The number of hydrogen-bond donors (Lipinski definition) is 2. The molecule has 4 aromatic rings. The second-order valence-electron chi connectivity index (χ2n) is 8.18. The van der Waals surface area contributed by atoms with Crippen molar-refractivity contribution < 1.29 is 14.0 Å². The maximum Gasteiger partial charge on any atom is 0.275 e. The number of anilines is 1. The van der Waals surface area contributed by atoms with Crippen LogP contribution < -0.4 is 16.2 Å². The van der Waals surface area contributed by atoms with Gasteiger partial charge in [0.25, 0.3) is 5.56 Å². The quantitative estimate of drug-likeness (QED) is 0.371. The molecule has 1 amide bonds. The van der Waals surface area contributed by atoms with E-state index in [9.17, 15) is 18.8 Å². The molecule has 9 heteroatoms. The number of nitrogens with one attached hydrogen (secondary N) is 2. The molecule has 4 rings (SSSR count). The average Bonchev–Trinajstić information content (AvgIpc) is 2.91. The van der Waals surface area contributed by atoms with Crippen LogP contribution in [-0.4, -0.2) is 39.3 Å². The van der Waals surface area contributed by atoms with Crippen LogP contribution in [0.25, 0.3) is 11.3 Å². The molecule has 3 aromatic heterocycles. The summed E-state index contributed by atoms with van der Waals surface area (Å²) >= 11 is 0. The lowest BCUT2D eigenvalue weighted by Crippen LogP contribution is -2.37. The molecular formula is C27H24FN5O3. The van der Waals surface area contributed by atoms with E-state index in [0.29, 0.717) is 22.4 Å². The van der Waals surface area contributed by atoms with Crippen LogP contribution in [0.1, 0.15) is 28.4 Å². The fourth-order valence-electron chi connectivity index (χ4n) is 3.63. The van der Waals surface area contributed by atoms with E-state index in [-0.39, 0.29) is 23.9 Å². The van der Waals surface area contributed by atoms with Crippen LogP contribution in [0.4, 0.5) is 10.1 Å². The molecule has 1 aromatic carbocycles. The first kappa shape index (κ1) is 24.6. The molecule has 0 bridgehead atoms. The molecule has 0 aliphatic heterocycles. The monoisotopic (exact) mass is 485 g/mol. The molecule has 0 saturated heterocycles. The van der Waals surface area contributed by atoms with Crippen molar-refractivity contribution in [1.29, 1.82) is 0 Å². The fraction of sp³-hybridized carbons (Fsp3) is 0.148. The minimum Gasteiger partial charge on any atom is -0.320 e. The molecule has 8 nitrogen and oxygen atoms in total. The number of carbonyl (C=O) groups excluding carboxylic acids is 2. The van der Waals surface area contributed by atoms with E-state index in [1.54, 1.807) is 62.9 Å². The number of rotatable bonds is 8. The number of carbonyl (C=O) groups is 2. The van der Waals surface area contributed by atoms with Gasteiger partial charge in [-0.3, -0.25) is 24.4 Å². The van der Waals surface area contributed by atoms with Gasteiger partial charge in [-0.2, -0.15) is 0 Å². The summed E-state index contributed by atoms with van der Waals surface area (Å²) in [4.78, 5) is 47.0. The van der Waals surface area contributed by atoms with Gasteiger partial charge in [-0.1, -0.05) is 0 Å². The summed E-state index contributed by atoms with van der Waals surface area (Å²) in [6, 6.07) is 13.3. The Kier molecular flexibility index (Phi) is 7.41. The predicted octanol–water partition coefficient (Wildman–Crippen LogP) is 3.27. The molecular weight excluding hydrogens is 461 g/mol. The van der Waals surface area contributed by atoms with Crippen LogP contribution >= 0.6 is 0 Å². The highest BCUT2D eigenvalue weighted by molar-refractivity contribution is 6.08. The molecule has 1 atom stereocenters. The van der Waals surface area contributed by atoms with Gasteiger partial charge < -0.3 is 15.2 Å². The lowest BCUT2D eigenvalue weighted by molar-refractivity contribution is -0.117. The van der Waals surface area contributed by atoms with Gasteiger partial charge >= 0.3 is 0 Å². The van der Waals surface area contributed by atoms with Crippen LogP contribution in [0.3, 0.4) is 0 Å². The number of nitrogens with zero attached hydrogens (tertiary/aromatic N) is 3. The van der Waals surface area contributed by atoms with Crippen molar-refractivity contribution in [2.24, 2.45) is 0 Å². The van der Waals surface area contributed by atoms with Gasteiger partial charge in [-0.05, 0) is 74.1 Å². The summed E-state index contributed by atoms with van der Waals surface area (Å²) in [5, 5.41) is 5.51. The zero-order valence-corrected chi connectivity index (χ0v) is 19.7. The van der Waals surface area contributed by atoms with E-state index in [2.05, 4.69) is 20.6 Å². The Morgan fingerprint density at radius 3 is 2.39 bits per heavy atom. The van der Waals surface area contributed by atoms with Crippen molar-refractivity contribution in [3.05, 3.63) is 112 Å². The number of pyridine rings is 3. The van der Waals surface area contributed by atoms with Crippen molar-refractivity contribution in [2.45, 2.75) is 19.5 Å². The van der Waals surface area contributed by atoms with Gasteiger partial charge in [-0.25, -0.2) is 4.39 Å². The molecule has 1 unspecified atom stereocenters. The van der Waals surface area contributed by atoms with Crippen molar-refractivity contribution in [3.8, 4) is 11.3 Å². The van der Waals surface area contributed by atoms with E-state index in [4.69, 9.17) is 0 Å². The van der Waals surface area contributed by atoms with Crippen molar-refractivity contribution >= 4 is 17.4 Å². The smallest absolute Gasteiger partial charge is 0.275 e. The minimum absolute atomic E-state index is 0.0965. The van der Waals surface area contributed by atoms with Gasteiger partial charge in [0, 0.05) is 41.5 Å². The Labute approximate surface area is 206 Å². The molecule has 0 aliphatic carbocycles. The Morgan fingerprint density at radius 2 is 1.69 bits per heavy atom. The van der Waals surface area contributed by atoms with Gasteiger partial charge in [0.2, 0.25) is 5.91 Å². The number of halogens is 1. The fourth-order valence-corrected chi connectivity index (χ4v) is 3.63. The van der Waals surface area contributed by atoms with Crippen molar-refractivity contribution in [1.82, 2.24) is 19.9 Å². The minimum atomic E-state index is -0.490. The summed E-state index contributed by atoms with van der Waals surface area (Å²) in [6.45, 7) is 1.79. The first-order valence-electron chi connectivity index (χ1n) is 11.2. The van der Waals surface area contributed by atoms with Crippen molar-refractivity contribution in [2.75, 3.05) is 12.4 Å². The molecule has 36 heavy (non-hydrogen) atoms. The summed E-state index contributed by atoms with van der Waals surface area (Å²) in [5.41, 5.74) is 2.33. The standard InChI is InChI=1S/C27H24FN5O3/c1-17(29-2)26(35)32-23-7-8-24(19-9-11-30-12-10-19)33(27(23)36)16-18-13-21(15-31-14-18)25(34)20-3-5-22(28)6-4-20/h3-15,17,29H,16H2,1-2H3,(H,32,35). The Balaban J connectivity index is 1.73. The van der Waals surface area contributed by atoms with E-state index >= 15 is 0 Å². The van der Waals surface area contributed by atoms with Gasteiger partial charge in [0.05, 0.1) is 18.3 Å². The summed E-state index contributed by atoms with van der Waals surface area (Å²) in [5.74, 6) is -1.09. The van der Waals surface area contributed by atoms with Gasteiger partial charge in [0.1, 0.15) is 11.5 Å². The normalized spacial score (nSPS) is 11.6. The highest BCUT2D eigenvalue weighted by Gasteiger charge is 2.17. The molecule has 0 radical (unpaired) electrons. The zero-order valence-electron chi connectivity index (χ0n) is 19.7. The summed E-state index contributed by atoms with van der Waals surface area (Å²) in [7, 11) is 1.66. The number of benzene rings is 1. The van der Waals surface area contributed by atoms with Crippen LogP contribution in [0, 0.1) is 5.82 Å². The van der Waals surface area contributed by atoms with Gasteiger partial charge in [-0.15, -0.1) is 0 Å². The molecule has 0 saturated carbocycles. The van der Waals surface area contributed by atoms with Crippen LogP contribution in [0.2, 0.25) is 0 Å². The molecule has 2 N–H and O–H groups in total. The lowest BCUT2D eigenvalue weighted by atomic mass is 10.0. The van der Waals surface area contributed by atoms with E-state index in [0.717, 1.165) is 5.56 Å². The zero-order chi connectivity index (χ0) is 25.7. The molecule has 0 spiro atoms. The third kappa shape index (κ3) is 5.42. The highest BCUT2D eigenvalue weighted by atomic mass is 19.1. The highest BCUT2D eigenvalue weighted by Crippen LogP contribution is 2.20. The Bertz CT molecular complexity index is 1450. The number of likely N-dealkylation sites (N-methyl/N-ethyl adjacent to an activating group) is 1. The molecule has 3 heterocycles. The van der Waals surface area contributed by atoms with E-state index in [1.807, 2.05) is 0 Å². The first-order valence-corrected chi connectivity index (χ1v) is 11.2. The first-order chi connectivity index (χ1) is 17.4. The number of hydrogen-bond acceptors (Lipinski definition) is 6. The van der Waals surface area contributed by atoms with Crippen LogP contribution in [0.15, 0.2) is 84.2 Å². The SMILES string of the molecule is CNC(C)C(=O)Nc1ccc(-c2ccncc2)n(Cc2cncc(C(=O)c3ccc(F)cc3)c2)c1=O. The topological polar surface area (TPSA) is 106 Å². The summed E-state index contributed by atoms with van der Waals surface area (Å²) < 4.78 is 14.8. The third-order valence-electron chi connectivity index (χ3n) is 5.74. The third-order valence-corrected chi connectivity index (χ3v) is 5.74. The van der Waals surface area contributed by atoms with Crippen LogP contribution in [0.5, 0.6) is 0 Å². The largest absolute Gasteiger partial charge is 0.320 e. The predicted molar refractivity (Wildman–Crippen MR) is 134 cm³/mol. The molecule has 182 valence electrons. The molecule has 0 aliphatic rings.